The summed E-state index contributed by atoms with van der Waals surface area (Å²) in [6.45, 7) is 1.50. The fourth-order valence-electron chi connectivity index (χ4n) is 2.39. The van der Waals surface area contributed by atoms with Crippen molar-refractivity contribution in [1.29, 1.82) is 0 Å². The Balaban J connectivity index is 2.70. The number of rotatable bonds is 2. The van der Waals surface area contributed by atoms with Crippen LogP contribution in [0.4, 0.5) is 4.39 Å². The predicted octanol–water partition coefficient (Wildman–Crippen LogP) is 3.11. The summed E-state index contributed by atoms with van der Waals surface area (Å²) in [5.74, 6) is -1.66. The summed E-state index contributed by atoms with van der Waals surface area (Å²) in [6, 6.07) is 1.16. The van der Waals surface area contributed by atoms with Gasteiger partial charge in [0.25, 0.3) is 0 Å². The molecule has 1 aromatic rings. The predicted molar refractivity (Wildman–Crippen MR) is 63.7 cm³/mol. The van der Waals surface area contributed by atoms with Crippen LogP contribution in [0, 0.1) is 12.7 Å². The highest BCUT2D eigenvalue weighted by Crippen LogP contribution is 2.50. The van der Waals surface area contributed by atoms with Crippen LogP contribution in [0.25, 0.3) is 0 Å². The van der Waals surface area contributed by atoms with Gasteiger partial charge >= 0.3 is 5.97 Å². The van der Waals surface area contributed by atoms with Crippen LogP contribution in [0.5, 0.6) is 5.75 Å². The summed E-state index contributed by atoms with van der Waals surface area (Å²) < 4.78 is 13.8. The second kappa shape index (κ2) is 3.98. The molecule has 5 heteroatoms. The molecular weight excluding hydrogens is 291 g/mol. The van der Waals surface area contributed by atoms with Crippen LogP contribution in [0.2, 0.25) is 0 Å². The van der Waals surface area contributed by atoms with Crippen molar-refractivity contribution in [2.75, 3.05) is 0 Å². The van der Waals surface area contributed by atoms with Crippen molar-refractivity contribution in [1.82, 2.24) is 0 Å². The van der Waals surface area contributed by atoms with Gasteiger partial charge in [0.1, 0.15) is 11.6 Å². The number of phenolic OH excluding ortho intramolecular Hbond substituents is 1. The van der Waals surface area contributed by atoms with Gasteiger partial charge < -0.3 is 10.2 Å². The highest BCUT2D eigenvalue weighted by molar-refractivity contribution is 9.10. The maximum Gasteiger partial charge on any atom is 0.314 e. The van der Waals surface area contributed by atoms with Crippen molar-refractivity contribution in [2.24, 2.45) is 0 Å². The molecule has 0 saturated heterocycles. The zero-order valence-electron chi connectivity index (χ0n) is 9.26. The number of hydrogen-bond donors (Lipinski definition) is 2. The molecule has 92 valence electrons. The van der Waals surface area contributed by atoms with Gasteiger partial charge in [0.2, 0.25) is 0 Å². The second-order valence-corrected chi connectivity index (χ2v) is 5.28. The first-order valence-corrected chi connectivity index (χ1v) is 6.11. The lowest BCUT2D eigenvalue weighted by Gasteiger charge is -2.39. The van der Waals surface area contributed by atoms with E-state index in [1.807, 2.05) is 0 Å². The number of carbonyl (C=O) groups is 1. The Labute approximate surface area is 106 Å². The molecule has 0 heterocycles. The van der Waals surface area contributed by atoms with Gasteiger partial charge in [-0.3, -0.25) is 4.79 Å². The van der Waals surface area contributed by atoms with Crippen molar-refractivity contribution in [3.05, 3.63) is 27.5 Å². The first-order chi connectivity index (χ1) is 7.90. The Bertz CT molecular complexity index is 469. The Morgan fingerprint density at radius 1 is 1.53 bits per heavy atom. The highest BCUT2D eigenvalue weighted by Gasteiger charge is 2.49. The monoisotopic (exact) mass is 302 g/mol. The molecule has 1 fully saturated rings. The Morgan fingerprint density at radius 2 is 2.12 bits per heavy atom. The zero-order chi connectivity index (χ0) is 12.8. The summed E-state index contributed by atoms with van der Waals surface area (Å²) in [5, 5.41) is 19.3. The molecule has 0 atom stereocenters. The van der Waals surface area contributed by atoms with Crippen LogP contribution < -0.4 is 0 Å². The van der Waals surface area contributed by atoms with Gasteiger partial charge in [0, 0.05) is 5.56 Å². The van der Waals surface area contributed by atoms with E-state index in [2.05, 4.69) is 15.9 Å². The van der Waals surface area contributed by atoms with Gasteiger partial charge in [-0.05, 0) is 47.3 Å². The largest absolute Gasteiger partial charge is 0.506 e. The molecule has 0 bridgehead atoms. The topological polar surface area (TPSA) is 57.5 Å². The summed E-state index contributed by atoms with van der Waals surface area (Å²) in [6.07, 6.45) is 1.65. The molecule has 0 radical (unpaired) electrons. The molecule has 0 unspecified atom stereocenters. The molecule has 2 N–H and O–H groups in total. The number of benzene rings is 1. The van der Waals surface area contributed by atoms with Crippen LogP contribution in [0.1, 0.15) is 30.4 Å². The van der Waals surface area contributed by atoms with E-state index >= 15 is 0 Å². The van der Waals surface area contributed by atoms with Crippen molar-refractivity contribution >= 4 is 21.9 Å². The molecule has 0 aromatic heterocycles. The summed E-state index contributed by atoms with van der Waals surface area (Å²) in [7, 11) is 0. The number of carboxylic acids is 1. The van der Waals surface area contributed by atoms with E-state index in [-0.39, 0.29) is 21.3 Å². The second-order valence-electron chi connectivity index (χ2n) is 4.43. The van der Waals surface area contributed by atoms with Crippen LogP contribution >= 0.6 is 15.9 Å². The minimum atomic E-state index is -1.13. The fourth-order valence-corrected chi connectivity index (χ4v) is 2.79. The number of hydrogen-bond acceptors (Lipinski definition) is 2. The van der Waals surface area contributed by atoms with Crippen molar-refractivity contribution in [3.63, 3.8) is 0 Å². The number of phenols is 1. The number of halogens is 2. The van der Waals surface area contributed by atoms with E-state index in [4.69, 9.17) is 0 Å². The SMILES string of the molecule is Cc1c(F)cc(Br)c(O)c1C1(C(=O)O)CCC1. The highest BCUT2D eigenvalue weighted by atomic mass is 79.9. The summed E-state index contributed by atoms with van der Waals surface area (Å²) in [4.78, 5) is 11.4. The van der Waals surface area contributed by atoms with Crippen LogP contribution in [0.15, 0.2) is 10.5 Å². The molecule has 17 heavy (non-hydrogen) atoms. The molecule has 3 nitrogen and oxygen atoms in total. The van der Waals surface area contributed by atoms with Gasteiger partial charge in [-0.15, -0.1) is 0 Å². The third-order valence-corrected chi connectivity index (χ3v) is 4.15. The maximum absolute atomic E-state index is 13.6. The third-order valence-electron chi connectivity index (χ3n) is 3.54. The fraction of sp³-hybridized carbons (Fsp3) is 0.417. The Hall–Kier alpha value is -1.10. The number of aliphatic carboxylic acids is 1. The van der Waals surface area contributed by atoms with Crippen molar-refractivity contribution in [3.8, 4) is 5.75 Å². The molecule has 0 aliphatic heterocycles. The van der Waals surface area contributed by atoms with Gasteiger partial charge in [0.05, 0.1) is 9.89 Å². The molecule has 0 amide bonds. The van der Waals surface area contributed by atoms with E-state index in [0.717, 1.165) is 12.5 Å². The summed E-state index contributed by atoms with van der Waals surface area (Å²) in [5.41, 5.74) is -0.699. The number of carboxylic acid groups (broad SMARTS) is 1. The quantitative estimate of drug-likeness (QED) is 0.882. The van der Waals surface area contributed by atoms with Crippen molar-refractivity contribution < 1.29 is 19.4 Å². The molecule has 2 rings (SSSR count). The summed E-state index contributed by atoms with van der Waals surface area (Å²) >= 11 is 3.04. The molecular formula is C12H12BrFO3. The molecule has 1 aliphatic carbocycles. The third kappa shape index (κ3) is 1.64. The molecule has 1 saturated carbocycles. The van der Waals surface area contributed by atoms with E-state index in [9.17, 15) is 19.4 Å². The van der Waals surface area contributed by atoms with Gasteiger partial charge in [-0.2, -0.15) is 0 Å². The normalized spacial score (nSPS) is 17.6. The first kappa shape index (κ1) is 12.4. The molecule has 0 spiro atoms. The zero-order valence-corrected chi connectivity index (χ0v) is 10.8. The first-order valence-electron chi connectivity index (χ1n) is 5.31. The lowest BCUT2D eigenvalue weighted by Crippen LogP contribution is -2.43. The van der Waals surface area contributed by atoms with E-state index < -0.39 is 17.2 Å². The van der Waals surface area contributed by atoms with Crippen LogP contribution in [0.3, 0.4) is 0 Å². The number of aromatic hydroxyl groups is 1. The molecule has 1 aromatic carbocycles. The van der Waals surface area contributed by atoms with E-state index in [0.29, 0.717) is 12.8 Å². The minimum Gasteiger partial charge on any atom is -0.506 e. The van der Waals surface area contributed by atoms with E-state index in [1.54, 1.807) is 0 Å². The Kier molecular flexibility index (Phi) is 2.89. The van der Waals surface area contributed by atoms with Crippen LogP contribution in [-0.2, 0) is 10.2 Å². The lowest BCUT2D eigenvalue weighted by molar-refractivity contribution is -0.147. The van der Waals surface area contributed by atoms with Gasteiger partial charge in [-0.25, -0.2) is 4.39 Å². The lowest BCUT2D eigenvalue weighted by atomic mass is 9.63. The average Bonchev–Trinajstić information content (AvgIpc) is 2.18. The van der Waals surface area contributed by atoms with E-state index in [1.165, 1.54) is 6.92 Å². The Morgan fingerprint density at radius 3 is 2.53 bits per heavy atom. The average molecular weight is 303 g/mol. The minimum absolute atomic E-state index is 0.161. The van der Waals surface area contributed by atoms with Gasteiger partial charge in [0.15, 0.2) is 0 Å². The standard InChI is InChI=1S/C12H12BrFO3/c1-6-8(14)5-7(13)10(15)9(6)12(11(16)17)3-2-4-12/h5,15H,2-4H2,1H3,(H,16,17). The van der Waals surface area contributed by atoms with Gasteiger partial charge in [-0.1, -0.05) is 6.42 Å². The molecule has 1 aliphatic rings. The maximum atomic E-state index is 13.6. The van der Waals surface area contributed by atoms with Crippen LogP contribution in [-0.4, -0.2) is 16.2 Å². The van der Waals surface area contributed by atoms with Crippen molar-refractivity contribution in [2.45, 2.75) is 31.6 Å². The smallest absolute Gasteiger partial charge is 0.314 e.